The lowest BCUT2D eigenvalue weighted by Crippen LogP contribution is -2.57. The van der Waals surface area contributed by atoms with Crippen LogP contribution in [0.25, 0.3) is 0 Å². The zero-order valence-electron chi connectivity index (χ0n) is 25.1. The quantitative estimate of drug-likeness (QED) is 0.228. The number of alkyl carbamates (subject to hydrolysis) is 1. The van der Waals surface area contributed by atoms with Crippen molar-refractivity contribution in [3.05, 3.63) is 111 Å². The first kappa shape index (κ1) is 31.6. The van der Waals surface area contributed by atoms with Crippen LogP contribution in [0.4, 0.5) is 14.9 Å². The van der Waals surface area contributed by atoms with Crippen LogP contribution in [-0.4, -0.2) is 64.8 Å². The molecule has 4 atom stereocenters. The molecule has 1 N–H and O–H groups in total. The molecule has 0 aliphatic carbocycles. The van der Waals surface area contributed by atoms with E-state index in [4.69, 9.17) is 14.2 Å². The third kappa shape index (κ3) is 7.46. The summed E-state index contributed by atoms with van der Waals surface area (Å²) < 4.78 is 31.0. The van der Waals surface area contributed by atoms with Gasteiger partial charge in [-0.3, -0.25) is 14.9 Å². The van der Waals surface area contributed by atoms with Crippen molar-refractivity contribution in [2.75, 3.05) is 13.2 Å². The second-order valence-electron chi connectivity index (χ2n) is 12.0. The highest BCUT2D eigenvalue weighted by molar-refractivity contribution is 5.90. The van der Waals surface area contributed by atoms with E-state index >= 15 is 0 Å². The Balaban J connectivity index is 1.39. The van der Waals surface area contributed by atoms with Crippen LogP contribution in [-0.2, 0) is 25.4 Å². The SMILES string of the molecule is CC(C)(C)OC(=O)N[C@H]1CO[C@H](C(=O)N2CCc3ccccc3[C@@H]2c2ccc(F)cc2)C[C@@H]1OC(=O)c1ccc([N+](=O)[O-])cc1. The monoisotopic (exact) mass is 619 g/mol. The Morgan fingerprint density at radius 2 is 1.71 bits per heavy atom. The molecular formula is C33H34FN3O8. The molecule has 2 aliphatic rings. The Labute approximate surface area is 259 Å². The average molecular weight is 620 g/mol. The van der Waals surface area contributed by atoms with E-state index in [1.165, 1.54) is 36.4 Å². The molecule has 0 saturated carbocycles. The molecule has 3 aromatic rings. The molecular weight excluding hydrogens is 585 g/mol. The minimum absolute atomic E-state index is 0.0648. The summed E-state index contributed by atoms with van der Waals surface area (Å²) in [5.41, 5.74) is 1.82. The Kier molecular flexibility index (Phi) is 9.14. The number of amides is 2. The van der Waals surface area contributed by atoms with Crippen LogP contribution in [0.1, 0.15) is 60.3 Å². The third-order valence-electron chi connectivity index (χ3n) is 7.67. The second-order valence-corrected chi connectivity index (χ2v) is 12.0. The van der Waals surface area contributed by atoms with Crippen molar-refractivity contribution in [1.82, 2.24) is 10.2 Å². The lowest BCUT2D eigenvalue weighted by molar-refractivity contribution is -0.384. The van der Waals surface area contributed by atoms with Crippen molar-refractivity contribution in [3.8, 4) is 0 Å². The summed E-state index contributed by atoms with van der Waals surface area (Å²) in [4.78, 5) is 52.1. The number of rotatable bonds is 6. The Hall–Kier alpha value is -4.84. The molecule has 3 aromatic carbocycles. The molecule has 2 aliphatic heterocycles. The van der Waals surface area contributed by atoms with Gasteiger partial charge in [-0.25, -0.2) is 14.0 Å². The topological polar surface area (TPSA) is 137 Å². The predicted molar refractivity (Wildman–Crippen MR) is 160 cm³/mol. The van der Waals surface area contributed by atoms with Gasteiger partial charge in [-0.05, 0) is 68.1 Å². The molecule has 0 unspecified atom stereocenters. The van der Waals surface area contributed by atoms with Gasteiger partial charge in [0.2, 0.25) is 0 Å². The maximum Gasteiger partial charge on any atom is 0.408 e. The van der Waals surface area contributed by atoms with E-state index in [9.17, 15) is 28.9 Å². The number of carbonyl (C=O) groups is 3. The lowest BCUT2D eigenvalue weighted by atomic mass is 9.87. The highest BCUT2D eigenvalue weighted by Crippen LogP contribution is 2.37. The summed E-state index contributed by atoms with van der Waals surface area (Å²) in [7, 11) is 0. The van der Waals surface area contributed by atoms with Gasteiger partial charge in [0.05, 0.1) is 29.2 Å². The van der Waals surface area contributed by atoms with Crippen LogP contribution in [0.15, 0.2) is 72.8 Å². The molecule has 0 aromatic heterocycles. The van der Waals surface area contributed by atoms with Gasteiger partial charge >= 0.3 is 12.1 Å². The van der Waals surface area contributed by atoms with Gasteiger partial charge in [0.25, 0.3) is 11.6 Å². The zero-order chi connectivity index (χ0) is 32.3. The first-order valence-electron chi connectivity index (χ1n) is 14.6. The molecule has 0 bridgehead atoms. The average Bonchev–Trinajstić information content (AvgIpc) is 3.00. The van der Waals surface area contributed by atoms with Crippen molar-refractivity contribution >= 4 is 23.7 Å². The molecule has 11 nitrogen and oxygen atoms in total. The molecule has 5 rings (SSSR count). The predicted octanol–water partition coefficient (Wildman–Crippen LogP) is 5.12. The second kappa shape index (κ2) is 13.0. The highest BCUT2D eigenvalue weighted by atomic mass is 19.1. The summed E-state index contributed by atoms with van der Waals surface area (Å²) in [6.07, 6.45) is -2.24. The number of benzene rings is 3. The van der Waals surface area contributed by atoms with Crippen LogP contribution < -0.4 is 5.32 Å². The van der Waals surface area contributed by atoms with Gasteiger partial charge in [0.15, 0.2) is 0 Å². The number of ether oxygens (including phenoxy) is 3. The fourth-order valence-electron chi connectivity index (χ4n) is 5.58. The molecule has 0 radical (unpaired) electrons. The summed E-state index contributed by atoms with van der Waals surface area (Å²) in [5.74, 6) is -1.52. The van der Waals surface area contributed by atoms with Crippen LogP contribution in [0.5, 0.6) is 0 Å². The van der Waals surface area contributed by atoms with E-state index in [0.717, 1.165) is 16.7 Å². The highest BCUT2D eigenvalue weighted by Gasteiger charge is 2.43. The van der Waals surface area contributed by atoms with E-state index in [0.29, 0.717) is 13.0 Å². The number of nitro benzene ring substituents is 1. The van der Waals surface area contributed by atoms with Gasteiger partial charge in [-0.15, -0.1) is 0 Å². The van der Waals surface area contributed by atoms with Gasteiger partial charge in [0, 0.05) is 25.1 Å². The Morgan fingerprint density at radius 3 is 2.38 bits per heavy atom. The van der Waals surface area contributed by atoms with Crippen molar-refractivity contribution in [2.24, 2.45) is 0 Å². The van der Waals surface area contributed by atoms with Crippen molar-refractivity contribution in [2.45, 2.75) is 63.5 Å². The molecule has 0 spiro atoms. The molecule has 1 fully saturated rings. The van der Waals surface area contributed by atoms with E-state index in [-0.39, 0.29) is 30.2 Å². The number of halogens is 1. The summed E-state index contributed by atoms with van der Waals surface area (Å²) in [6, 6.07) is 17.4. The largest absolute Gasteiger partial charge is 0.456 e. The van der Waals surface area contributed by atoms with Crippen molar-refractivity contribution in [3.63, 3.8) is 0 Å². The number of nitro groups is 1. The Bertz CT molecular complexity index is 1570. The number of hydrogen-bond acceptors (Lipinski definition) is 8. The fourth-order valence-corrected chi connectivity index (χ4v) is 5.58. The first-order chi connectivity index (χ1) is 21.4. The first-order valence-corrected chi connectivity index (χ1v) is 14.6. The maximum absolute atomic E-state index is 14.1. The standard InChI is InChI=1S/C33H34FN3O8/c1-33(2,3)45-32(40)35-26-19-43-28(18-27(26)44-31(39)22-10-14-24(15-11-22)37(41)42)30(38)36-17-16-20-6-4-5-7-25(20)29(36)21-8-12-23(34)13-9-21/h4-15,26-29H,16-19H2,1-3H3,(H,35,40)/t26-,27-,28-,29-/m0/s1. The fraction of sp³-hybridized carbons (Fsp3) is 0.364. The molecule has 1 saturated heterocycles. The number of nitrogens with one attached hydrogen (secondary N) is 1. The molecule has 2 amide bonds. The molecule has 236 valence electrons. The summed E-state index contributed by atoms with van der Waals surface area (Å²) in [6.45, 7) is 5.35. The van der Waals surface area contributed by atoms with Crippen molar-refractivity contribution in [1.29, 1.82) is 0 Å². The summed E-state index contributed by atoms with van der Waals surface area (Å²) >= 11 is 0. The van der Waals surface area contributed by atoms with Crippen molar-refractivity contribution < 1.29 is 37.9 Å². The van der Waals surface area contributed by atoms with Crippen LogP contribution in [0, 0.1) is 15.9 Å². The summed E-state index contributed by atoms with van der Waals surface area (Å²) in [5, 5.41) is 13.7. The number of carbonyl (C=O) groups excluding carboxylic acids is 3. The van der Waals surface area contributed by atoms with Crippen LogP contribution in [0.2, 0.25) is 0 Å². The lowest BCUT2D eigenvalue weighted by Gasteiger charge is -2.42. The normalized spacial score (nSPS) is 21.3. The smallest absolute Gasteiger partial charge is 0.408 e. The minimum Gasteiger partial charge on any atom is -0.456 e. The van der Waals surface area contributed by atoms with E-state index in [1.54, 1.807) is 37.8 Å². The van der Waals surface area contributed by atoms with E-state index in [2.05, 4.69) is 5.32 Å². The van der Waals surface area contributed by atoms with Gasteiger partial charge < -0.3 is 24.4 Å². The third-order valence-corrected chi connectivity index (χ3v) is 7.67. The van der Waals surface area contributed by atoms with Crippen LogP contribution >= 0.6 is 0 Å². The van der Waals surface area contributed by atoms with Gasteiger partial charge in [-0.2, -0.15) is 0 Å². The molecule has 12 heteroatoms. The number of fused-ring (bicyclic) bond motifs is 1. The van der Waals surface area contributed by atoms with Crippen LogP contribution in [0.3, 0.4) is 0 Å². The maximum atomic E-state index is 14.1. The zero-order valence-corrected chi connectivity index (χ0v) is 25.1. The minimum atomic E-state index is -1.02. The Morgan fingerprint density at radius 1 is 1.02 bits per heavy atom. The number of nitrogens with zero attached hydrogens (tertiary/aromatic N) is 2. The number of non-ortho nitro benzene ring substituents is 1. The van der Waals surface area contributed by atoms with Gasteiger partial charge in [-0.1, -0.05) is 36.4 Å². The molecule has 2 heterocycles. The molecule has 45 heavy (non-hydrogen) atoms. The van der Waals surface area contributed by atoms with E-state index < -0.39 is 52.7 Å². The number of hydrogen-bond donors (Lipinski definition) is 1. The van der Waals surface area contributed by atoms with Gasteiger partial charge in [0.1, 0.15) is 23.6 Å². The number of esters is 1. The van der Waals surface area contributed by atoms with E-state index in [1.807, 2.05) is 24.3 Å².